The Kier molecular flexibility index (Phi) is 5.00. The van der Waals surface area contributed by atoms with Crippen LogP contribution >= 0.6 is 0 Å². The molecule has 0 unspecified atom stereocenters. The number of phenols is 1. The van der Waals surface area contributed by atoms with Crippen molar-refractivity contribution in [2.75, 3.05) is 11.5 Å². The predicted octanol–water partition coefficient (Wildman–Crippen LogP) is 1.86. The molecule has 1 aromatic heterocycles. The molecule has 0 bridgehead atoms. The second-order valence-corrected chi connectivity index (χ2v) is 9.06. The van der Waals surface area contributed by atoms with E-state index in [1.54, 1.807) is 12.1 Å². The van der Waals surface area contributed by atoms with E-state index in [9.17, 15) is 28.7 Å². The van der Waals surface area contributed by atoms with E-state index in [0.29, 0.717) is 0 Å². The largest absolute Gasteiger partial charge is 0.506 e. The Morgan fingerprint density at radius 3 is 2.64 bits per heavy atom. The van der Waals surface area contributed by atoms with E-state index in [-0.39, 0.29) is 46.1 Å². The first-order valence-electron chi connectivity index (χ1n) is 8.57. The summed E-state index contributed by atoms with van der Waals surface area (Å²) in [7, 11) is -3.31. The van der Waals surface area contributed by atoms with Crippen molar-refractivity contribution in [2.24, 2.45) is 4.99 Å². The molecule has 1 aliphatic heterocycles. The van der Waals surface area contributed by atoms with Crippen molar-refractivity contribution in [1.82, 2.24) is 4.57 Å². The Hall–Kier alpha value is -3.12. The number of aromatic hydroxyl groups is 2. The average molecular weight is 401 g/mol. The molecule has 2 heterocycles. The van der Waals surface area contributed by atoms with Crippen molar-refractivity contribution in [3.05, 3.63) is 50.8 Å². The molecule has 0 radical (unpaired) electrons. The maximum absolute atomic E-state index is 12.7. The Labute approximate surface area is 161 Å². The van der Waals surface area contributed by atoms with E-state index >= 15 is 0 Å². The number of nitrogens with zero attached hydrogens (tertiary/aromatic N) is 3. The second kappa shape index (κ2) is 7.13. The van der Waals surface area contributed by atoms with Crippen LogP contribution in [0.3, 0.4) is 0 Å². The van der Waals surface area contributed by atoms with Crippen molar-refractivity contribution in [3.8, 4) is 17.7 Å². The summed E-state index contributed by atoms with van der Waals surface area (Å²) in [6.45, 7) is 3.34. The zero-order valence-corrected chi connectivity index (χ0v) is 16.2. The number of phenolic OH excluding ortho intramolecular Hbond substituents is 1. The molecule has 1 saturated heterocycles. The number of sulfone groups is 1. The normalized spacial score (nSPS) is 18.4. The molecule has 3 rings (SSSR count). The summed E-state index contributed by atoms with van der Waals surface area (Å²) >= 11 is 0. The van der Waals surface area contributed by atoms with Gasteiger partial charge in [-0.05, 0) is 43.5 Å². The van der Waals surface area contributed by atoms with Crippen molar-refractivity contribution in [2.45, 2.75) is 26.3 Å². The lowest BCUT2D eigenvalue weighted by atomic mass is 10.0. The van der Waals surface area contributed by atoms with E-state index in [1.807, 2.05) is 13.0 Å². The van der Waals surface area contributed by atoms with Gasteiger partial charge in [-0.3, -0.25) is 14.4 Å². The van der Waals surface area contributed by atoms with Gasteiger partial charge in [0.05, 0.1) is 23.1 Å². The first kappa shape index (κ1) is 19.6. The minimum atomic E-state index is -3.31. The Balaban J connectivity index is 2.18. The Morgan fingerprint density at radius 1 is 1.32 bits per heavy atom. The molecule has 0 aliphatic carbocycles. The Morgan fingerprint density at radius 2 is 2.04 bits per heavy atom. The van der Waals surface area contributed by atoms with E-state index < -0.39 is 27.3 Å². The maximum Gasteiger partial charge on any atom is 0.271 e. The number of aromatic nitrogens is 1. The average Bonchev–Trinajstić information content (AvgIpc) is 2.97. The number of nitriles is 1. The molecular weight excluding hydrogens is 382 g/mol. The molecule has 28 heavy (non-hydrogen) atoms. The topological polar surface area (TPSA) is 133 Å². The third kappa shape index (κ3) is 3.51. The van der Waals surface area contributed by atoms with Gasteiger partial charge in [0.2, 0.25) is 5.88 Å². The quantitative estimate of drug-likeness (QED) is 0.754. The minimum Gasteiger partial charge on any atom is -0.506 e. The summed E-state index contributed by atoms with van der Waals surface area (Å²) < 4.78 is 24.6. The monoisotopic (exact) mass is 401 g/mol. The van der Waals surface area contributed by atoms with E-state index in [1.165, 1.54) is 19.2 Å². The standard InChI is InChI=1S/C19H19N3O5S/c1-11-3-4-17(23)16(7-11)21-9-15-12(2)14(8-20)18(24)22(19(15)25)13-5-6-28(26,27)10-13/h3-4,7,9,13,23,25H,5-6,10H2,1-2H3/t13-/m1/s1. The van der Waals surface area contributed by atoms with Gasteiger partial charge in [-0.2, -0.15) is 5.26 Å². The molecule has 0 spiro atoms. The van der Waals surface area contributed by atoms with E-state index in [0.717, 1.165) is 10.1 Å². The van der Waals surface area contributed by atoms with Crippen molar-refractivity contribution in [1.29, 1.82) is 5.26 Å². The van der Waals surface area contributed by atoms with Gasteiger partial charge in [-0.15, -0.1) is 0 Å². The molecule has 0 saturated carbocycles. The number of rotatable bonds is 3. The highest BCUT2D eigenvalue weighted by molar-refractivity contribution is 7.91. The molecule has 9 heteroatoms. The molecule has 1 fully saturated rings. The van der Waals surface area contributed by atoms with Crippen LogP contribution in [0.15, 0.2) is 28.0 Å². The third-order valence-corrected chi connectivity index (χ3v) is 6.58. The summed E-state index contributed by atoms with van der Waals surface area (Å²) in [5.41, 5.74) is 0.578. The maximum atomic E-state index is 12.7. The van der Waals surface area contributed by atoms with Crippen LogP contribution in [-0.2, 0) is 9.84 Å². The highest BCUT2D eigenvalue weighted by atomic mass is 32.2. The molecule has 2 aromatic rings. The number of benzene rings is 1. The highest BCUT2D eigenvalue weighted by Crippen LogP contribution is 2.31. The lowest BCUT2D eigenvalue weighted by Crippen LogP contribution is -2.29. The Bertz CT molecular complexity index is 1190. The smallest absolute Gasteiger partial charge is 0.271 e. The van der Waals surface area contributed by atoms with Crippen molar-refractivity contribution >= 4 is 21.7 Å². The fraction of sp³-hybridized carbons (Fsp3) is 0.316. The van der Waals surface area contributed by atoms with Gasteiger partial charge in [-0.25, -0.2) is 8.42 Å². The van der Waals surface area contributed by atoms with Crippen LogP contribution in [0, 0.1) is 25.2 Å². The van der Waals surface area contributed by atoms with Gasteiger partial charge < -0.3 is 10.2 Å². The summed E-state index contributed by atoms with van der Waals surface area (Å²) in [5.74, 6) is -0.863. The van der Waals surface area contributed by atoms with Gasteiger partial charge >= 0.3 is 0 Å². The number of pyridine rings is 1. The SMILES string of the molecule is Cc1ccc(O)c(N=Cc2c(C)c(C#N)c(=O)n([C@@H]3CCS(=O)(=O)C3)c2O)c1. The van der Waals surface area contributed by atoms with E-state index in [4.69, 9.17) is 0 Å². The second-order valence-electron chi connectivity index (χ2n) is 6.83. The van der Waals surface area contributed by atoms with Crippen LogP contribution in [0.25, 0.3) is 0 Å². The molecule has 0 amide bonds. The molecule has 8 nitrogen and oxygen atoms in total. The predicted molar refractivity (Wildman–Crippen MR) is 104 cm³/mol. The highest BCUT2D eigenvalue weighted by Gasteiger charge is 2.33. The summed E-state index contributed by atoms with van der Waals surface area (Å²) in [6, 6.07) is 5.93. The fourth-order valence-electron chi connectivity index (χ4n) is 3.28. The van der Waals surface area contributed by atoms with Crippen molar-refractivity contribution < 1.29 is 18.6 Å². The van der Waals surface area contributed by atoms with Crippen molar-refractivity contribution in [3.63, 3.8) is 0 Å². The van der Waals surface area contributed by atoms with Crippen LogP contribution in [0.4, 0.5) is 5.69 Å². The molecule has 1 aliphatic rings. The lowest BCUT2D eigenvalue weighted by molar-refractivity contribution is 0.379. The molecule has 2 N–H and O–H groups in total. The lowest BCUT2D eigenvalue weighted by Gasteiger charge is -2.18. The van der Waals surface area contributed by atoms with Crippen LogP contribution in [0.5, 0.6) is 11.6 Å². The first-order valence-corrected chi connectivity index (χ1v) is 10.4. The first-order chi connectivity index (χ1) is 13.1. The number of aliphatic imine (C=N–C) groups is 1. The minimum absolute atomic E-state index is 0.0605. The summed E-state index contributed by atoms with van der Waals surface area (Å²) in [5, 5.41) is 30.0. The number of hydrogen-bond acceptors (Lipinski definition) is 7. The van der Waals surface area contributed by atoms with E-state index in [2.05, 4.69) is 4.99 Å². The van der Waals surface area contributed by atoms with Crippen LogP contribution in [0.2, 0.25) is 0 Å². The number of aryl methyl sites for hydroxylation is 1. The molecule has 1 aromatic carbocycles. The molecular formula is C19H19N3O5S. The van der Waals surface area contributed by atoms with Gasteiger partial charge in [-0.1, -0.05) is 6.07 Å². The van der Waals surface area contributed by atoms with Gasteiger partial charge in [0.25, 0.3) is 5.56 Å². The van der Waals surface area contributed by atoms with Gasteiger partial charge in [0.15, 0.2) is 9.84 Å². The van der Waals surface area contributed by atoms with Crippen LogP contribution < -0.4 is 5.56 Å². The third-order valence-electron chi connectivity index (χ3n) is 4.83. The van der Waals surface area contributed by atoms with Crippen LogP contribution in [0.1, 0.15) is 34.7 Å². The van der Waals surface area contributed by atoms with Gasteiger partial charge in [0, 0.05) is 6.21 Å². The van der Waals surface area contributed by atoms with Gasteiger partial charge in [0.1, 0.15) is 23.1 Å². The zero-order valence-electron chi connectivity index (χ0n) is 15.4. The number of hydrogen-bond donors (Lipinski definition) is 2. The summed E-state index contributed by atoms with van der Waals surface area (Å²) in [4.78, 5) is 16.8. The zero-order chi connectivity index (χ0) is 20.6. The fourth-order valence-corrected chi connectivity index (χ4v) is 4.98. The molecule has 1 atom stereocenters. The van der Waals surface area contributed by atoms with Crippen LogP contribution in [-0.4, -0.2) is 40.9 Å². The summed E-state index contributed by atoms with van der Waals surface area (Å²) in [6.07, 6.45) is 1.44. The molecule has 146 valence electrons.